The van der Waals surface area contributed by atoms with Crippen LogP contribution in [-0.4, -0.2) is 5.11 Å². The Kier molecular flexibility index (Phi) is 7.35. The highest BCUT2D eigenvalue weighted by molar-refractivity contribution is 5.51. The number of rotatable bonds is 6. The summed E-state index contributed by atoms with van der Waals surface area (Å²) in [6.45, 7) is 14.7. The minimum absolute atomic E-state index is 0.472. The van der Waals surface area contributed by atoms with E-state index in [0.29, 0.717) is 5.75 Å². The van der Waals surface area contributed by atoms with E-state index in [2.05, 4.69) is 65.8 Å². The molecule has 0 radical (unpaired) electrons. The Bertz CT molecular complexity index is 630. The van der Waals surface area contributed by atoms with Crippen LogP contribution < -0.4 is 0 Å². The van der Waals surface area contributed by atoms with E-state index in [-0.39, 0.29) is 0 Å². The van der Waals surface area contributed by atoms with Crippen molar-refractivity contribution >= 4 is 0 Å². The molecule has 0 atom stereocenters. The van der Waals surface area contributed by atoms with Gasteiger partial charge in [0.15, 0.2) is 0 Å². The van der Waals surface area contributed by atoms with E-state index in [0.717, 1.165) is 30.4 Å². The average molecular weight is 312 g/mol. The van der Waals surface area contributed by atoms with Gasteiger partial charge in [0.05, 0.1) is 0 Å². The molecule has 0 amide bonds. The molecule has 1 heteroatoms. The number of hydrogen-bond donors (Lipinski definition) is 1. The maximum absolute atomic E-state index is 10.7. The van der Waals surface area contributed by atoms with Gasteiger partial charge < -0.3 is 5.11 Å². The molecular formula is C22H32O. The highest BCUT2D eigenvalue weighted by Gasteiger charge is 2.13. The lowest BCUT2D eigenvalue weighted by Crippen LogP contribution is -2.00. The zero-order valence-corrected chi connectivity index (χ0v) is 15.9. The quantitative estimate of drug-likeness (QED) is 0.618. The predicted octanol–water partition coefficient (Wildman–Crippen LogP) is 6.23. The van der Waals surface area contributed by atoms with Gasteiger partial charge in [0.1, 0.15) is 5.75 Å². The van der Waals surface area contributed by atoms with Crippen molar-refractivity contribution < 1.29 is 5.11 Å². The van der Waals surface area contributed by atoms with Crippen LogP contribution in [0.5, 0.6) is 5.75 Å². The normalized spacial score (nSPS) is 10.2. The SMILES string of the molecule is CC(C)=CCc1cc(CC=C(C)C)c(CC=C(C)C)c(O)c1C. The van der Waals surface area contributed by atoms with Gasteiger partial charge >= 0.3 is 0 Å². The second-order valence-electron chi connectivity index (χ2n) is 7.10. The van der Waals surface area contributed by atoms with Crippen molar-refractivity contribution in [1.29, 1.82) is 0 Å². The molecule has 0 aliphatic rings. The Balaban J connectivity index is 3.36. The first-order valence-electron chi connectivity index (χ1n) is 8.45. The molecule has 0 spiro atoms. The first-order chi connectivity index (χ1) is 10.7. The molecule has 1 aromatic carbocycles. The van der Waals surface area contributed by atoms with Crippen LogP contribution in [0.4, 0.5) is 0 Å². The number of aromatic hydroxyl groups is 1. The van der Waals surface area contributed by atoms with Crippen molar-refractivity contribution in [1.82, 2.24) is 0 Å². The van der Waals surface area contributed by atoms with Crippen molar-refractivity contribution in [2.24, 2.45) is 0 Å². The molecule has 126 valence electrons. The first kappa shape index (κ1) is 19.3. The average Bonchev–Trinajstić information content (AvgIpc) is 2.45. The van der Waals surface area contributed by atoms with E-state index in [1.165, 1.54) is 27.8 Å². The molecule has 0 aromatic heterocycles. The van der Waals surface area contributed by atoms with Gasteiger partial charge in [-0.3, -0.25) is 0 Å². The second kappa shape index (κ2) is 8.76. The summed E-state index contributed by atoms with van der Waals surface area (Å²) >= 11 is 0. The fourth-order valence-electron chi connectivity index (χ4n) is 2.49. The van der Waals surface area contributed by atoms with Gasteiger partial charge in [0, 0.05) is 5.56 Å². The number of phenols is 1. The molecule has 0 saturated carbocycles. The molecule has 1 nitrogen and oxygen atoms in total. The number of hydrogen-bond acceptors (Lipinski definition) is 1. The van der Waals surface area contributed by atoms with Gasteiger partial charge in [0.25, 0.3) is 0 Å². The zero-order chi connectivity index (χ0) is 17.6. The number of allylic oxidation sites excluding steroid dienone is 6. The molecule has 0 bridgehead atoms. The zero-order valence-electron chi connectivity index (χ0n) is 15.9. The summed E-state index contributed by atoms with van der Waals surface area (Å²) in [5.41, 5.74) is 8.45. The van der Waals surface area contributed by atoms with Gasteiger partial charge in [-0.15, -0.1) is 0 Å². The number of phenolic OH excluding ortho intramolecular Hbond substituents is 1. The van der Waals surface area contributed by atoms with Crippen LogP contribution in [0.1, 0.15) is 63.8 Å². The lowest BCUT2D eigenvalue weighted by molar-refractivity contribution is 0.463. The van der Waals surface area contributed by atoms with Gasteiger partial charge in [-0.1, -0.05) is 41.0 Å². The Morgan fingerprint density at radius 2 is 1.22 bits per heavy atom. The van der Waals surface area contributed by atoms with Crippen molar-refractivity contribution in [2.45, 2.75) is 67.7 Å². The molecule has 0 saturated heterocycles. The highest BCUT2D eigenvalue weighted by atomic mass is 16.3. The van der Waals surface area contributed by atoms with E-state index in [9.17, 15) is 5.11 Å². The van der Waals surface area contributed by atoms with Crippen molar-refractivity contribution in [2.75, 3.05) is 0 Å². The van der Waals surface area contributed by atoms with Crippen molar-refractivity contribution in [3.63, 3.8) is 0 Å². The van der Waals surface area contributed by atoms with Crippen LogP contribution in [0.3, 0.4) is 0 Å². The molecule has 0 aliphatic heterocycles. The summed E-state index contributed by atoms with van der Waals surface area (Å²) in [6, 6.07) is 2.28. The highest BCUT2D eigenvalue weighted by Crippen LogP contribution is 2.31. The van der Waals surface area contributed by atoms with Crippen LogP contribution in [0.15, 0.2) is 41.0 Å². The lowest BCUT2D eigenvalue weighted by Gasteiger charge is -2.16. The summed E-state index contributed by atoms with van der Waals surface area (Å²) in [7, 11) is 0. The maximum Gasteiger partial charge on any atom is 0.122 e. The number of benzene rings is 1. The van der Waals surface area contributed by atoms with Crippen LogP contribution >= 0.6 is 0 Å². The molecule has 23 heavy (non-hydrogen) atoms. The fourth-order valence-corrected chi connectivity index (χ4v) is 2.49. The summed E-state index contributed by atoms with van der Waals surface area (Å²) < 4.78 is 0. The summed E-state index contributed by atoms with van der Waals surface area (Å²) in [5.74, 6) is 0.472. The van der Waals surface area contributed by atoms with Crippen molar-refractivity contribution in [3.05, 3.63) is 63.3 Å². The van der Waals surface area contributed by atoms with Crippen molar-refractivity contribution in [3.8, 4) is 5.75 Å². The Morgan fingerprint density at radius 3 is 1.70 bits per heavy atom. The van der Waals surface area contributed by atoms with Gasteiger partial charge in [-0.2, -0.15) is 0 Å². The molecule has 0 heterocycles. The molecule has 1 N–H and O–H groups in total. The van der Waals surface area contributed by atoms with E-state index in [1.54, 1.807) is 0 Å². The summed E-state index contributed by atoms with van der Waals surface area (Å²) in [4.78, 5) is 0. The Labute approximate surface area is 142 Å². The topological polar surface area (TPSA) is 20.2 Å². The molecule has 1 aromatic rings. The second-order valence-corrected chi connectivity index (χ2v) is 7.10. The third kappa shape index (κ3) is 6.09. The predicted molar refractivity (Wildman–Crippen MR) is 102 cm³/mol. The smallest absolute Gasteiger partial charge is 0.122 e. The molecule has 0 unspecified atom stereocenters. The van der Waals surface area contributed by atoms with Gasteiger partial charge in [-0.25, -0.2) is 0 Å². The van der Waals surface area contributed by atoms with Gasteiger partial charge in [-0.05, 0) is 84.4 Å². The largest absolute Gasteiger partial charge is 0.507 e. The molecule has 1 rings (SSSR count). The fraction of sp³-hybridized carbons (Fsp3) is 0.455. The van der Waals surface area contributed by atoms with Crippen LogP contribution in [-0.2, 0) is 19.3 Å². The Hall–Kier alpha value is -1.76. The van der Waals surface area contributed by atoms with Gasteiger partial charge in [0.2, 0.25) is 0 Å². The third-order valence-electron chi connectivity index (χ3n) is 4.03. The molecule has 0 fully saturated rings. The standard InChI is InChI=1S/C22H32O/c1-15(2)8-11-19-14-20(12-9-16(3)4)21(13-10-17(5)6)22(23)18(19)7/h8-10,14,23H,11-13H2,1-7H3. The van der Waals surface area contributed by atoms with Crippen LogP contribution in [0.2, 0.25) is 0 Å². The Morgan fingerprint density at radius 1 is 0.783 bits per heavy atom. The summed E-state index contributed by atoms with van der Waals surface area (Å²) in [5, 5.41) is 10.7. The lowest BCUT2D eigenvalue weighted by atomic mass is 9.91. The minimum atomic E-state index is 0.472. The summed E-state index contributed by atoms with van der Waals surface area (Å²) in [6.07, 6.45) is 9.21. The third-order valence-corrected chi connectivity index (χ3v) is 4.03. The minimum Gasteiger partial charge on any atom is -0.507 e. The van der Waals surface area contributed by atoms with E-state index in [4.69, 9.17) is 0 Å². The van der Waals surface area contributed by atoms with E-state index in [1.807, 2.05) is 6.92 Å². The van der Waals surface area contributed by atoms with E-state index >= 15 is 0 Å². The van der Waals surface area contributed by atoms with E-state index < -0.39 is 0 Å². The maximum atomic E-state index is 10.7. The molecule has 0 aliphatic carbocycles. The monoisotopic (exact) mass is 312 g/mol. The van der Waals surface area contributed by atoms with Crippen LogP contribution in [0, 0.1) is 6.92 Å². The van der Waals surface area contributed by atoms with Crippen LogP contribution in [0.25, 0.3) is 0 Å². The first-order valence-corrected chi connectivity index (χ1v) is 8.45. The molecular weight excluding hydrogens is 280 g/mol.